The molecule has 48 heteroatoms. The highest BCUT2D eigenvalue weighted by Gasteiger charge is 2.59. The molecule has 8 unspecified atom stereocenters. The molecule has 2 N–H and O–H groups in total. The molecule has 0 amide bonds. The van der Waals surface area contributed by atoms with Crippen molar-refractivity contribution in [3.8, 4) is 0 Å². The maximum absolute atomic E-state index is 12.3. The highest BCUT2D eigenvalue weighted by Crippen LogP contribution is 2.23. The van der Waals surface area contributed by atoms with Gasteiger partial charge in [0.15, 0.2) is 0 Å². The van der Waals surface area contributed by atoms with Crippen LogP contribution in [0.1, 0.15) is 0 Å². The lowest BCUT2D eigenvalue weighted by Gasteiger charge is -2.38. The summed E-state index contributed by atoms with van der Waals surface area (Å²) >= 11 is 0. The van der Waals surface area contributed by atoms with E-state index in [4.69, 9.17) is 123 Å². The Hall–Kier alpha value is 2.45. The van der Waals surface area contributed by atoms with E-state index in [0.29, 0.717) is 0 Å². The second-order valence-electron chi connectivity index (χ2n) is 9.90. The molecule has 0 aliphatic carbocycles. The van der Waals surface area contributed by atoms with Gasteiger partial charge < -0.3 is 132 Å². The van der Waals surface area contributed by atoms with Crippen molar-refractivity contribution < 1.29 is 132 Å². The van der Waals surface area contributed by atoms with Crippen molar-refractivity contribution in [3.05, 3.63) is 0 Å². The van der Waals surface area contributed by atoms with Gasteiger partial charge in [-0.15, -0.1) is 0 Å². The standard InChI is InChI=1S/C10H50O31Si17/c1-13-42-22-10-23-44-30-57(18-6,19-7)41-53(25-43-14-2)37-56(12)35-51-27-46-24-45-26-50-32-52(36-56)29-47-28-48(15-3)39-58(20-8,21-9)40-49(16-4)31-54(33-51)38-55(11,17-5)34-50/h11-12,48-54H,10,42-47H2,1-9H3/t48?,49?,50-,51?,52?,53?,54?,55?,56?/m1/s1. The molecule has 31 nitrogen and oxygen atoms in total. The van der Waals surface area contributed by atoms with Crippen LogP contribution in [0.4, 0.5) is 0 Å². The van der Waals surface area contributed by atoms with Crippen molar-refractivity contribution in [1.29, 1.82) is 0 Å². The first-order valence-corrected chi connectivity index (χ1v) is 39.4. The third kappa shape index (κ3) is 19.1. The first-order valence-electron chi connectivity index (χ1n) is 16.0. The zero-order valence-corrected chi connectivity index (χ0v) is 53.3. The molecule has 4 saturated heterocycles. The lowest BCUT2D eigenvalue weighted by atomic mass is 11.6. The number of hydrogen-bond acceptors (Lipinski definition) is 31. The zero-order valence-electron chi connectivity index (χ0n) is 32.7. The normalized spacial score (nSPS) is 34.6. The van der Waals surface area contributed by atoms with Crippen LogP contribution in [-0.4, -0.2) is 243 Å². The number of rotatable bonds is 21. The summed E-state index contributed by atoms with van der Waals surface area (Å²) in [6.07, 6.45) is 0. The Morgan fingerprint density at radius 1 is 0.603 bits per heavy atom. The quantitative estimate of drug-likeness (QED) is 0.0613. The topological polar surface area (TPSA) is 308 Å². The van der Waals surface area contributed by atoms with Crippen molar-refractivity contribution in [1.82, 2.24) is 0 Å². The van der Waals surface area contributed by atoms with E-state index in [2.05, 4.69) is 0 Å². The molecule has 344 valence electrons. The van der Waals surface area contributed by atoms with Crippen LogP contribution in [0.5, 0.6) is 0 Å². The fourth-order valence-electron chi connectivity index (χ4n) is 3.68. The van der Waals surface area contributed by atoms with Gasteiger partial charge in [0.25, 0.3) is 40.0 Å². The predicted octanol–water partition coefficient (Wildman–Crippen LogP) is -13.1. The summed E-state index contributed by atoms with van der Waals surface area (Å²) in [6.45, 7) is -0.0929. The Bertz CT molecular complexity index is 1090. The minimum absolute atomic E-state index is 0.0929. The van der Waals surface area contributed by atoms with Crippen LogP contribution in [0.25, 0.3) is 0 Å². The van der Waals surface area contributed by atoms with Crippen LogP contribution in [0.3, 0.4) is 0 Å². The van der Waals surface area contributed by atoms with Crippen LogP contribution >= 0.6 is 0 Å². The average molecular weight is 1140 g/mol. The maximum Gasteiger partial charge on any atom is 0.663 e. The molecule has 4 bridgehead atoms. The van der Waals surface area contributed by atoms with E-state index in [1.165, 1.54) is 56.9 Å². The summed E-state index contributed by atoms with van der Waals surface area (Å²) in [5.74, 6) is 0. The Morgan fingerprint density at radius 2 is 1.16 bits per heavy atom. The van der Waals surface area contributed by atoms with Crippen molar-refractivity contribution >= 4 is 163 Å². The van der Waals surface area contributed by atoms with Gasteiger partial charge in [-0.25, -0.2) is 0 Å². The molecule has 0 aromatic carbocycles. The van der Waals surface area contributed by atoms with Crippen LogP contribution < -0.4 is 0 Å². The molecule has 9 atom stereocenters. The van der Waals surface area contributed by atoms with E-state index < -0.39 is 163 Å². The van der Waals surface area contributed by atoms with Gasteiger partial charge in [-0.3, -0.25) is 0 Å². The maximum atomic E-state index is 12.3. The second kappa shape index (κ2) is 29.2. The number of fused-ring (bicyclic) bond motifs is 6. The molecule has 0 saturated carbocycles. The Balaban J connectivity index is 2.10. The van der Waals surface area contributed by atoms with Crippen LogP contribution in [-0.2, 0) is 123 Å². The first kappa shape index (κ1) is 54.8. The Kier molecular flexibility index (Phi) is 27.5. The van der Waals surface area contributed by atoms with Gasteiger partial charge in [0, 0.05) is 64.0 Å². The summed E-state index contributed by atoms with van der Waals surface area (Å²) in [5, 5.41) is 0. The SMILES string of the molecule is CO[SiH2]OCO[SiH2]O[Si](OC)(OC)O[SiH](O[SiH2]OC)O[Si]1(O)O[SiH]2O[SiH2]O[SiH2]O[Si@@H]3O[SiH](O[SiH2]O[SiH](OC)O[Si](OC)(OC)O[SiH](OC)O[SiH](O2)O[Si](O)(OC)O3)O1. The molecule has 0 radical (unpaired) electrons. The van der Waals surface area contributed by atoms with Gasteiger partial charge in [0.2, 0.25) is 0 Å². The van der Waals surface area contributed by atoms with Gasteiger partial charge in [-0.2, -0.15) is 0 Å². The summed E-state index contributed by atoms with van der Waals surface area (Å²) in [6, 6.07) is 0. The van der Waals surface area contributed by atoms with E-state index in [0.717, 1.165) is 7.11 Å². The fraction of sp³-hybridized carbons (Fsp3) is 1.00. The predicted molar refractivity (Wildman–Crippen MR) is 218 cm³/mol. The lowest BCUT2D eigenvalue weighted by Crippen LogP contribution is -2.65. The molecule has 4 rings (SSSR count). The van der Waals surface area contributed by atoms with Gasteiger partial charge >= 0.3 is 123 Å². The summed E-state index contributed by atoms with van der Waals surface area (Å²) in [4.78, 5) is 23.8. The molecule has 4 aliphatic rings. The first-order chi connectivity index (χ1) is 27.9. The zero-order chi connectivity index (χ0) is 42.5. The van der Waals surface area contributed by atoms with Crippen LogP contribution in [0.15, 0.2) is 0 Å². The van der Waals surface area contributed by atoms with Crippen LogP contribution in [0.2, 0.25) is 0 Å². The molecular weight excluding hydrogens is 1090 g/mol. The monoisotopic (exact) mass is 1140 g/mol. The smallest absolute Gasteiger partial charge is 0.425 e. The average Bonchev–Trinajstić information content (AvgIpc) is 3.20. The number of hydrogen-bond donors (Lipinski definition) is 2. The van der Waals surface area contributed by atoms with Gasteiger partial charge in [0.1, 0.15) is 6.79 Å². The molecule has 58 heavy (non-hydrogen) atoms. The second-order valence-corrected chi connectivity index (χ2v) is 44.7. The van der Waals surface area contributed by atoms with Gasteiger partial charge in [0.05, 0.1) is 0 Å². The van der Waals surface area contributed by atoms with Crippen molar-refractivity contribution in [2.75, 3.05) is 70.8 Å². The molecule has 4 heterocycles. The van der Waals surface area contributed by atoms with Crippen molar-refractivity contribution in [2.24, 2.45) is 0 Å². The third-order valence-electron chi connectivity index (χ3n) is 6.25. The van der Waals surface area contributed by atoms with E-state index in [1.54, 1.807) is 0 Å². The molecule has 0 aromatic rings. The van der Waals surface area contributed by atoms with Crippen LogP contribution in [0, 0.1) is 0 Å². The fourth-order valence-corrected chi connectivity index (χ4v) is 46.6. The largest absolute Gasteiger partial charge is 0.663 e. The highest BCUT2D eigenvalue weighted by molar-refractivity contribution is 6.79. The Morgan fingerprint density at radius 3 is 1.72 bits per heavy atom. The van der Waals surface area contributed by atoms with E-state index >= 15 is 0 Å². The van der Waals surface area contributed by atoms with Crippen molar-refractivity contribution in [3.63, 3.8) is 0 Å². The van der Waals surface area contributed by atoms with Gasteiger partial charge in [-0.05, 0) is 0 Å². The van der Waals surface area contributed by atoms with E-state index in [-0.39, 0.29) is 6.79 Å². The molecule has 4 aliphatic heterocycles. The summed E-state index contributed by atoms with van der Waals surface area (Å²) < 4.78 is 167. The summed E-state index contributed by atoms with van der Waals surface area (Å²) in [5.41, 5.74) is 0. The third-order valence-corrected chi connectivity index (χ3v) is 43.0. The minimum atomic E-state index is -5.26. The molecule has 0 aromatic heterocycles. The summed E-state index contributed by atoms with van der Waals surface area (Å²) in [7, 11) is -43.5. The molecule has 4 fully saturated rings. The molecule has 0 spiro atoms. The van der Waals surface area contributed by atoms with Gasteiger partial charge in [-0.1, -0.05) is 0 Å². The van der Waals surface area contributed by atoms with Crippen molar-refractivity contribution in [2.45, 2.75) is 0 Å². The van der Waals surface area contributed by atoms with E-state index in [9.17, 15) is 9.59 Å². The highest BCUT2D eigenvalue weighted by atomic mass is 28.6. The molecular formula is C10H50O31Si17. The minimum Gasteiger partial charge on any atom is -0.425 e. The lowest BCUT2D eigenvalue weighted by molar-refractivity contribution is 0.0228. The Labute approximate surface area is 364 Å². The van der Waals surface area contributed by atoms with E-state index in [1.807, 2.05) is 0 Å².